The van der Waals surface area contributed by atoms with E-state index in [9.17, 15) is 4.79 Å². The van der Waals surface area contributed by atoms with Crippen LogP contribution < -0.4 is 0 Å². The van der Waals surface area contributed by atoms with Crippen LogP contribution in [0.4, 0.5) is 0 Å². The molecule has 0 aromatic carbocycles. The first-order valence-corrected chi connectivity index (χ1v) is 6.23. The summed E-state index contributed by atoms with van der Waals surface area (Å²) < 4.78 is 0.553. The van der Waals surface area contributed by atoms with Crippen molar-refractivity contribution in [2.24, 2.45) is 0 Å². The fourth-order valence-corrected chi connectivity index (χ4v) is 1.92. The number of nitrogens with zero attached hydrogens (tertiary/aromatic N) is 2. The molecule has 4 heteroatoms. The number of ketones is 1. The standard InChI is InChI=1S/C14H11BrN2O/c1-10-4-2-5-11(17-10)7-8-13(18)12-6-3-9-16-14(12)15/h2-9H,1H3. The number of pyridine rings is 2. The van der Waals surface area contributed by atoms with E-state index in [1.807, 2.05) is 25.1 Å². The first-order valence-electron chi connectivity index (χ1n) is 5.43. The van der Waals surface area contributed by atoms with Gasteiger partial charge in [0.05, 0.1) is 11.3 Å². The third-order valence-corrected chi connectivity index (χ3v) is 2.97. The molecule has 0 aliphatic heterocycles. The Hall–Kier alpha value is -1.81. The Morgan fingerprint density at radius 1 is 1.28 bits per heavy atom. The van der Waals surface area contributed by atoms with Crippen LogP contribution in [0.3, 0.4) is 0 Å². The Balaban J connectivity index is 2.20. The summed E-state index contributed by atoms with van der Waals surface area (Å²) in [4.78, 5) is 20.2. The van der Waals surface area contributed by atoms with Gasteiger partial charge in [0, 0.05) is 11.9 Å². The van der Waals surface area contributed by atoms with Gasteiger partial charge in [-0.05, 0) is 59.3 Å². The van der Waals surface area contributed by atoms with Crippen molar-refractivity contribution in [3.8, 4) is 0 Å². The Kier molecular flexibility index (Phi) is 3.99. The van der Waals surface area contributed by atoms with E-state index in [2.05, 4.69) is 25.9 Å². The molecule has 2 aromatic heterocycles. The summed E-state index contributed by atoms with van der Waals surface area (Å²) in [7, 11) is 0. The predicted octanol–water partition coefficient (Wildman–Crippen LogP) is 3.44. The Labute approximate surface area is 114 Å². The van der Waals surface area contributed by atoms with Crippen molar-refractivity contribution in [3.05, 3.63) is 64.2 Å². The summed E-state index contributed by atoms with van der Waals surface area (Å²) in [5.41, 5.74) is 2.23. The number of carbonyl (C=O) groups excluding carboxylic acids is 1. The van der Waals surface area contributed by atoms with Crippen molar-refractivity contribution in [3.63, 3.8) is 0 Å². The molecule has 0 amide bonds. The first-order chi connectivity index (χ1) is 8.66. The molecular weight excluding hydrogens is 292 g/mol. The van der Waals surface area contributed by atoms with E-state index in [1.54, 1.807) is 24.4 Å². The van der Waals surface area contributed by atoms with Crippen molar-refractivity contribution in [2.75, 3.05) is 0 Å². The van der Waals surface area contributed by atoms with Crippen LogP contribution in [0.15, 0.2) is 47.2 Å². The normalized spacial score (nSPS) is 10.8. The van der Waals surface area contributed by atoms with Crippen LogP contribution in [0.1, 0.15) is 21.7 Å². The summed E-state index contributed by atoms with van der Waals surface area (Å²) in [6, 6.07) is 9.14. The molecule has 2 heterocycles. The van der Waals surface area contributed by atoms with Crippen LogP contribution in [-0.2, 0) is 0 Å². The highest BCUT2D eigenvalue weighted by molar-refractivity contribution is 9.10. The summed E-state index contributed by atoms with van der Waals surface area (Å²) in [6.45, 7) is 1.91. The van der Waals surface area contributed by atoms with Crippen LogP contribution in [0.2, 0.25) is 0 Å². The average molecular weight is 303 g/mol. The largest absolute Gasteiger partial charge is 0.289 e. The smallest absolute Gasteiger partial charge is 0.188 e. The fourth-order valence-electron chi connectivity index (χ4n) is 1.48. The molecule has 0 saturated heterocycles. The van der Waals surface area contributed by atoms with Gasteiger partial charge >= 0.3 is 0 Å². The lowest BCUT2D eigenvalue weighted by atomic mass is 10.1. The molecule has 0 spiro atoms. The molecule has 0 aliphatic rings. The minimum atomic E-state index is -0.0988. The highest BCUT2D eigenvalue weighted by Crippen LogP contribution is 2.14. The number of rotatable bonds is 3. The highest BCUT2D eigenvalue weighted by Gasteiger charge is 2.06. The number of hydrogen-bond donors (Lipinski definition) is 0. The van der Waals surface area contributed by atoms with Gasteiger partial charge in [-0.3, -0.25) is 9.78 Å². The maximum absolute atomic E-state index is 11.9. The lowest BCUT2D eigenvalue weighted by Gasteiger charge is -1.98. The van der Waals surface area contributed by atoms with E-state index in [0.717, 1.165) is 11.4 Å². The minimum Gasteiger partial charge on any atom is -0.289 e. The van der Waals surface area contributed by atoms with Crippen LogP contribution in [-0.4, -0.2) is 15.8 Å². The maximum Gasteiger partial charge on any atom is 0.188 e. The van der Waals surface area contributed by atoms with Gasteiger partial charge in [0.2, 0.25) is 0 Å². The summed E-state index contributed by atoms with van der Waals surface area (Å²) >= 11 is 3.25. The van der Waals surface area contributed by atoms with Crippen molar-refractivity contribution in [1.29, 1.82) is 0 Å². The van der Waals surface area contributed by atoms with Gasteiger partial charge in [-0.15, -0.1) is 0 Å². The second-order valence-corrected chi connectivity index (χ2v) is 4.49. The lowest BCUT2D eigenvalue weighted by molar-refractivity contribution is 0.104. The average Bonchev–Trinajstić information content (AvgIpc) is 2.37. The number of carbonyl (C=O) groups is 1. The number of aryl methyl sites for hydroxylation is 1. The zero-order chi connectivity index (χ0) is 13.0. The van der Waals surface area contributed by atoms with Gasteiger partial charge in [-0.1, -0.05) is 6.07 Å². The van der Waals surface area contributed by atoms with Crippen LogP contribution in [0.25, 0.3) is 6.08 Å². The van der Waals surface area contributed by atoms with E-state index in [0.29, 0.717) is 10.2 Å². The van der Waals surface area contributed by atoms with E-state index in [4.69, 9.17) is 0 Å². The van der Waals surface area contributed by atoms with Gasteiger partial charge in [-0.25, -0.2) is 4.98 Å². The molecule has 2 rings (SSSR count). The van der Waals surface area contributed by atoms with Gasteiger partial charge in [0.15, 0.2) is 5.78 Å². The van der Waals surface area contributed by atoms with Crippen LogP contribution in [0.5, 0.6) is 0 Å². The third kappa shape index (κ3) is 3.11. The zero-order valence-electron chi connectivity index (χ0n) is 9.80. The number of hydrogen-bond acceptors (Lipinski definition) is 3. The molecule has 18 heavy (non-hydrogen) atoms. The molecule has 0 unspecified atom stereocenters. The molecule has 0 N–H and O–H groups in total. The second kappa shape index (κ2) is 5.69. The Morgan fingerprint density at radius 2 is 2.11 bits per heavy atom. The molecule has 3 nitrogen and oxygen atoms in total. The summed E-state index contributed by atoms with van der Waals surface area (Å²) in [6.07, 6.45) is 4.84. The number of allylic oxidation sites excluding steroid dienone is 1. The number of halogens is 1. The van der Waals surface area contributed by atoms with E-state index < -0.39 is 0 Å². The molecule has 0 radical (unpaired) electrons. The molecule has 0 bridgehead atoms. The molecule has 90 valence electrons. The van der Waals surface area contributed by atoms with Gasteiger partial charge in [0.1, 0.15) is 4.60 Å². The summed E-state index contributed by atoms with van der Waals surface area (Å²) in [5, 5.41) is 0. The monoisotopic (exact) mass is 302 g/mol. The SMILES string of the molecule is Cc1cccc(C=CC(=O)c2cccnc2Br)n1. The molecule has 0 saturated carbocycles. The van der Waals surface area contributed by atoms with Gasteiger partial charge < -0.3 is 0 Å². The summed E-state index contributed by atoms with van der Waals surface area (Å²) in [5.74, 6) is -0.0988. The highest BCUT2D eigenvalue weighted by atomic mass is 79.9. The molecule has 0 fully saturated rings. The van der Waals surface area contributed by atoms with Crippen molar-refractivity contribution < 1.29 is 4.79 Å². The molecule has 0 aliphatic carbocycles. The van der Waals surface area contributed by atoms with Crippen molar-refractivity contribution in [1.82, 2.24) is 9.97 Å². The fraction of sp³-hybridized carbons (Fsp3) is 0.0714. The van der Waals surface area contributed by atoms with Crippen molar-refractivity contribution in [2.45, 2.75) is 6.92 Å². The first kappa shape index (κ1) is 12.6. The predicted molar refractivity (Wildman–Crippen MR) is 74.3 cm³/mol. The number of aromatic nitrogens is 2. The lowest BCUT2D eigenvalue weighted by Crippen LogP contribution is -1.97. The molecule has 0 atom stereocenters. The molecular formula is C14H11BrN2O. The maximum atomic E-state index is 11.9. The van der Waals surface area contributed by atoms with Gasteiger partial charge in [0.25, 0.3) is 0 Å². The van der Waals surface area contributed by atoms with Crippen molar-refractivity contribution >= 4 is 27.8 Å². The van der Waals surface area contributed by atoms with Gasteiger partial charge in [-0.2, -0.15) is 0 Å². The third-order valence-electron chi connectivity index (χ3n) is 2.34. The second-order valence-electron chi connectivity index (χ2n) is 3.74. The van der Waals surface area contributed by atoms with E-state index >= 15 is 0 Å². The van der Waals surface area contributed by atoms with E-state index in [1.165, 1.54) is 6.08 Å². The Morgan fingerprint density at radius 3 is 2.83 bits per heavy atom. The Bertz CT molecular complexity index is 608. The molecule has 2 aromatic rings. The zero-order valence-corrected chi connectivity index (χ0v) is 11.4. The quantitative estimate of drug-likeness (QED) is 0.495. The van der Waals surface area contributed by atoms with Crippen LogP contribution in [0, 0.1) is 6.92 Å². The topological polar surface area (TPSA) is 42.9 Å². The van der Waals surface area contributed by atoms with E-state index in [-0.39, 0.29) is 5.78 Å². The van der Waals surface area contributed by atoms with Crippen LogP contribution >= 0.6 is 15.9 Å². The minimum absolute atomic E-state index is 0.0988.